The van der Waals surface area contributed by atoms with E-state index in [1.54, 1.807) is 0 Å². The molecule has 0 saturated carbocycles. The molecule has 0 spiro atoms. The second kappa shape index (κ2) is 70.9. The molecule has 0 amide bonds. The lowest BCUT2D eigenvalue weighted by Gasteiger charge is -2.18. The van der Waals surface area contributed by atoms with E-state index in [1.165, 1.54) is 257 Å². The van der Waals surface area contributed by atoms with E-state index in [2.05, 4.69) is 69.4 Å². The standard InChI is InChI=1S/C76H140O6/c1-4-7-10-13-16-19-22-25-28-31-32-33-34-35-36-37-38-39-40-41-42-43-44-45-46-49-51-54-57-60-63-66-69-75(78)81-72-73(82-76(79)70-67-64-61-58-55-52-48-30-27-24-21-18-15-12-9-6-3)71-80-74(77)68-65-62-59-56-53-50-47-29-26-23-20-17-14-11-8-5-2/h20-21,23-24,29-30,47-48,73H,4-19,22,25-28,31-46,49-72H2,1-3H3/b23-20-,24-21-,47-29-,48-30-. The molecule has 0 N–H and O–H groups in total. The van der Waals surface area contributed by atoms with Crippen LogP contribution < -0.4 is 0 Å². The predicted octanol–water partition coefficient (Wildman–Crippen LogP) is 25.3. The number of unbranched alkanes of at least 4 members (excludes halogenated alkanes) is 49. The Labute approximate surface area is 511 Å². The summed E-state index contributed by atoms with van der Waals surface area (Å²) in [5.74, 6) is -0.884. The first-order valence-electron chi connectivity index (χ1n) is 36.6. The van der Waals surface area contributed by atoms with Gasteiger partial charge in [-0.05, 0) is 83.5 Å². The maximum absolute atomic E-state index is 12.9. The third kappa shape index (κ3) is 68.2. The molecule has 1 unspecified atom stereocenters. The quantitative estimate of drug-likeness (QED) is 0.0261. The topological polar surface area (TPSA) is 78.9 Å². The number of carbonyl (C=O) groups is 3. The van der Waals surface area contributed by atoms with E-state index in [4.69, 9.17) is 14.2 Å². The zero-order chi connectivity index (χ0) is 59.2. The van der Waals surface area contributed by atoms with Crippen LogP contribution in [0.2, 0.25) is 0 Å². The van der Waals surface area contributed by atoms with Gasteiger partial charge in [-0.1, -0.05) is 345 Å². The van der Waals surface area contributed by atoms with Crippen molar-refractivity contribution in [3.05, 3.63) is 48.6 Å². The predicted molar refractivity (Wildman–Crippen MR) is 358 cm³/mol. The Kier molecular flexibility index (Phi) is 68.6. The first-order valence-corrected chi connectivity index (χ1v) is 36.6. The molecule has 0 bridgehead atoms. The molecule has 6 heteroatoms. The molecule has 0 heterocycles. The van der Waals surface area contributed by atoms with Crippen molar-refractivity contribution < 1.29 is 28.6 Å². The Bertz CT molecular complexity index is 1410. The number of allylic oxidation sites excluding steroid dienone is 8. The first kappa shape index (κ1) is 79.4. The summed E-state index contributed by atoms with van der Waals surface area (Å²) in [7, 11) is 0. The molecule has 1 atom stereocenters. The Hall–Kier alpha value is -2.63. The van der Waals surface area contributed by atoms with E-state index in [0.717, 1.165) is 103 Å². The molecule has 0 aromatic carbocycles. The fourth-order valence-electron chi connectivity index (χ4n) is 11.0. The normalized spacial score (nSPS) is 12.3. The molecule has 480 valence electrons. The minimum atomic E-state index is -0.786. The fourth-order valence-corrected chi connectivity index (χ4v) is 11.0. The van der Waals surface area contributed by atoms with Crippen LogP contribution in [0.15, 0.2) is 48.6 Å². The molecule has 6 nitrogen and oxygen atoms in total. The van der Waals surface area contributed by atoms with Crippen LogP contribution in [0.4, 0.5) is 0 Å². The van der Waals surface area contributed by atoms with E-state index in [-0.39, 0.29) is 31.1 Å². The molecule has 0 aliphatic heterocycles. The van der Waals surface area contributed by atoms with Crippen molar-refractivity contribution >= 4 is 17.9 Å². The largest absolute Gasteiger partial charge is 0.462 e. The van der Waals surface area contributed by atoms with E-state index in [0.29, 0.717) is 19.3 Å². The van der Waals surface area contributed by atoms with Crippen LogP contribution >= 0.6 is 0 Å². The third-order valence-corrected chi connectivity index (χ3v) is 16.6. The van der Waals surface area contributed by atoms with Gasteiger partial charge in [0.15, 0.2) is 6.10 Å². The Balaban J connectivity index is 4.17. The fraction of sp³-hybridized carbons (Fsp3) is 0.855. The molecular weight excluding hydrogens is 1010 g/mol. The van der Waals surface area contributed by atoms with Gasteiger partial charge in [-0.3, -0.25) is 14.4 Å². The van der Waals surface area contributed by atoms with Crippen LogP contribution in [0.1, 0.15) is 400 Å². The Morgan fingerprint density at radius 1 is 0.244 bits per heavy atom. The summed E-state index contributed by atoms with van der Waals surface area (Å²) in [5, 5.41) is 0. The summed E-state index contributed by atoms with van der Waals surface area (Å²) in [6.45, 7) is 6.65. The molecule has 0 saturated heterocycles. The number of ether oxygens (including phenoxy) is 3. The lowest BCUT2D eigenvalue weighted by atomic mass is 10.0. The second-order valence-corrected chi connectivity index (χ2v) is 24.9. The van der Waals surface area contributed by atoms with E-state index in [1.807, 2.05) is 0 Å². The zero-order valence-electron chi connectivity index (χ0n) is 55.3. The van der Waals surface area contributed by atoms with Gasteiger partial charge in [0.05, 0.1) is 0 Å². The smallest absolute Gasteiger partial charge is 0.306 e. The van der Waals surface area contributed by atoms with Crippen molar-refractivity contribution in [3.63, 3.8) is 0 Å². The summed E-state index contributed by atoms with van der Waals surface area (Å²) in [6.07, 6.45) is 90.2. The second-order valence-electron chi connectivity index (χ2n) is 24.9. The maximum Gasteiger partial charge on any atom is 0.306 e. The van der Waals surface area contributed by atoms with Gasteiger partial charge in [-0.15, -0.1) is 0 Å². The minimum Gasteiger partial charge on any atom is -0.462 e. The zero-order valence-corrected chi connectivity index (χ0v) is 55.3. The number of carbonyl (C=O) groups excluding carboxylic acids is 3. The van der Waals surface area contributed by atoms with Gasteiger partial charge in [-0.2, -0.15) is 0 Å². The highest BCUT2D eigenvalue weighted by Gasteiger charge is 2.19. The highest BCUT2D eigenvalue weighted by atomic mass is 16.6. The summed E-state index contributed by atoms with van der Waals surface area (Å²) >= 11 is 0. The van der Waals surface area contributed by atoms with Crippen molar-refractivity contribution in [1.29, 1.82) is 0 Å². The van der Waals surface area contributed by atoms with Crippen molar-refractivity contribution in [2.45, 2.75) is 406 Å². The van der Waals surface area contributed by atoms with Gasteiger partial charge in [-0.25, -0.2) is 0 Å². The minimum absolute atomic E-state index is 0.0798. The van der Waals surface area contributed by atoms with Gasteiger partial charge in [0.25, 0.3) is 0 Å². The molecule has 0 aromatic rings. The van der Waals surface area contributed by atoms with Crippen LogP contribution in [0.3, 0.4) is 0 Å². The summed E-state index contributed by atoms with van der Waals surface area (Å²) < 4.78 is 17.0. The van der Waals surface area contributed by atoms with Gasteiger partial charge in [0.1, 0.15) is 13.2 Å². The van der Waals surface area contributed by atoms with Crippen LogP contribution in [0.5, 0.6) is 0 Å². The van der Waals surface area contributed by atoms with Crippen molar-refractivity contribution in [2.75, 3.05) is 13.2 Å². The average molecular weight is 1150 g/mol. The molecule has 0 radical (unpaired) electrons. The van der Waals surface area contributed by atoms with Crippen LogP contribution in [0.25, 0.3) is 0 Å². The summed E-state index contributed by atoms with van der Waals surface area (Å²) in [4.78, 5) is 38.4. The number of hydrogen-bond donors (Lipinski definition) is 0. The van der Waals surface area contributed by atoms with E-state index >= 15 is 0 Å². The van der Waals surface area contributed by atoms with Gasteiger partial charge < -0.3 is 14.2 Å². The van der Waals surface area contributed by atoms with Crippen LogP contribution in [-0.4, -0.2) is 37.2 Å². The Morgan fingerprint density at radius 3 is 0.683 bits per heavy atom. The first-order chi connectivity index (χ1) is 40.5. The lowest BCUT2D eigenvalue weighted by Crippen LogP contribution is -2.30. The van der Waals surface area contributed by atoms with Gasteiger partial charge >= 0.3 is 17.9 Å². The number of rotatable bonds is 68. The molecule has 82 heavy (non-hydrogen) atoms. The average Bonchev–Trinajstić information content (AvgIpc) is 3.47. The van der Waals surface area contributed by atoms with Gasteiger partial charge in [0, 0.05) is 19.3 Å². The lowest BCUT2D eigenvalue weighted by molar-refractivity contribution is -0.167. The molecule has 0 aromatic heterocycles. The molecule has 0 fully saturated rings. The summed E-state index contributed by atoms with van der Waals surface area (Å²) in [5.41, 5.74) is 0. The van der Waals surface area contributed by atoms with E-state index < -0.39 is 6.10 Å². The number of esters is 3. The van der Waals surface area contributed by atoms with Gasteiger partial charge in [0.2, 0.25) is 0 Å². The van der Waals surface area contributed by atoms with Crippen LogP contribution in [0, 0.1) is 0 Å². The third-order valence-electron chi connectivity index (χ3n) is 16.6. The summed E-state index contributed by atoms with van der Waals surface area (Å²) in [6, 6.07) is 0. The molecule has 0 aliphatic rings. The highest BCUT2D eigenvalue weighted by molar-refractivity contribution is 5.71. The van der Waals surface area contributed by atoms with E-state index in [9.17, 15) is 14.4 Å². The Morgan fingerprint density at radius 2 is 0.439 bits per heavy atom. The molecule has 0 rings (SSSR count). The van der Waals surface area contributed by atoms with Crippen molar-refractivity contribution in [3.8, 4) is 0 Å². The molecule has 0 aliphatic carbocycles. The SMILES string of the molecule is CCCCCC/C=C\C/C=C\CCCCCCCC(=O)OCC(COC(=O)CCCCCCCCCCCCCCCCCCCCCCCCCCCCCCCCCC)OC(=O)CCCCCCC/C=C\C/C=C\CCCCCC. The van der Waals surface area contributed by atoms with Crippen molar-refractivity contribution in [1.82, 2.24) is 0 Å². The van der Waals surface area contributed by atoms with Crippen LogP contribution in [-0.2, 0) is 28.6 Å². The maximum atomic E-state index is 12.9. The molecular formula is C76H140O6. The van der Waals surface area contributed by atoms with Crippen molar-refractivity contribution in [2.24, 2.45) is 0 Å². The number of hydrogen-bond acceptors (Lipinski definition) is 6. The highest BCUT2D eigenvalue weighted by Crippen LogP contribution is 2.19. The monoisotopic (exact) mass is 1150 g/mol.